The topological polar surface area (TPSA) is 77.9 Å². The van der Waals surface area contributed by atoms with Gasteiger partial charge < -0.3 is 25.0 Å². The van der Waals surface area contributed by atoms with Gasteiger partial charge in [0.25, 0.3) is 0 Å². The first kappa shape index (κ1) is 20.2. The molecule has 1 aromatic carbocycles. The van der Waals surface area contributed by atoms with E-state index in [0.717, 1.165) is 48.1 Å². The van der Waals surface area contributed by atoms with E-state index >= 15 is 0 Å². The van der Waals surface area contributed by atoms with E-state index in [1.807, 2.05) is 32.3 Å². The number of pyridine rings is 1. The van der Waals surface area contributed by atoms with E-state index < -0.39 is 6.09 Å². The lowest BCUT2D eigenvalue weighted by molar-refractivity contribution is 0.0854. The minimum Gasteiger partial charge on any atom is -0.465 e. The van der Waals surface area contributed by atoms with Crippen molar-refractivity contribution >= 4 is 28.5 Å². The van der Waals surface area contributed by atoms with Gasteiger partial charge >= 0.3 is 6.09 Å². The van der Waals surface area contributed by atoms with Crippen LogP contribution in [0.2, 0.25) is 0 Å². The number of hydrogen-bond donors (Lipinski definition) is 2. The first-order chi connectivity index (χ1) is 13.5. The summed E-state index contributed by atoms with van der Waals surface area (Å²) in [5.41, 5.74) is 2.11. The number of amides is 1. The van der Waals surface area contributed by atoms with Crippen LogP contribution in [0, 0.1) is 0 Å². The number of hydrogen-bond acceptors (Lipinski definition) is 5. The quantitative estimate of drug-likeness (QED) is 0.756. The molecule has 1 aromatic heterocycles. The molecule has 1 amide bonds. The van der Waals surface area contributed by atoms with Gasteiger partial charge in [0.1, 0.15) is 5.82 Å². The third-order valence-corrected chi connectivity index (χ3v) is 5.45. The van der Waals surface area contributed by atoms with E-state index in [0.29, 0.717) is 19.2 Å². The number of carbonyl (C=O) groups is 1. The highest BCUT2D eigenvalue weighted by Crippen LogP contribution is 2.30. The highest BCUT2D eigenvalue weighted by Gasteiger charge is 2.28. The molecular weight excluding hydrogens is 356 g/mol. The summed E-state index contributed by atoms with van der Waals surface area (Å²) in [6, 6.07) is 10.6. The Labute approximate surface area is 166 Å². The smallest absolute Gasteiger partial charge is 0.407 e. The number of rotatable bonds is 7. The fourth-order valence-corrected chi connectivity index (χ4v) is 3.97. The minimum atomic E-state index is -0.861. The maximum Gasteiger partial charge on any atom is 0.407 e. The highest BCUT2D eigenvalue weighted by atomic mass is 16.5. The summed E-state index contributed by atoms with van der Waals surface area (Å²) in [6.07, 6.45) is 2.68. The SMILES string of the molecule is COCCN(C(=O)O)C1CCC(Nc2cc(N(C)C)c3ccccc3n2)CC1. The molecule has 3 rings (SSSR count). The summed E-state index contributed by atoms with van der Waals surface area (Å²) in [5, 5.41) is 14.2. The number of fused-ring (bicyclic) bond motifs is 1. The Balaban J connectivity index is 1.67. The number of nitrogens with one attached hydrogen (secondary N) is 1. The number of aromatic nitrogens is 1. The van der Waals surface area contributed by atoms with Crippen LogP contribution in [0.15, 0.2) is 30.3 Å². The van der Waals surface area contributed by atoms with Gasteiger partial charge in [-0.25, -0.2) is 9.78 Å². The van der Waals surface area contributed by atoms with Gasteiger partial charge in [0.05, 0.1) is 12.1 Å². The number of benzene rings is 1. The first-order valence-electron chi connectivity index (χ1n) is 9.81. The van der Waals surface area contributed by atoms with Crippen molar-refractivity contribution in [1.29, 1.82) is 0 Å². The molecule has 2 aromatic rings. The largest absolute Gasteiger partial charge is 0.465 e. The Bertz CT molecular complexity index is 803. The average molecular weight is 386 g/mol. The third-order valence-electron chi connectivity index (χ3n) is 5.45. The fourth-order valence-electron chi connectivity index (χ4n) is 3.97. The maximum atomic E-state index is 11.5. The summed E-state index contributed by atoms with van der Waals surface area (Å²) in [6.45, 7) is 0.853. The van der Waals surface area contributed by atoms with E-state index in [1.54, 1.807) is 7.11 Å². The fraction of sp³-hybridized carbons (Fsp3) is 0.524. The molecule has 0 radical (unpaired) electrons. The molecule has 152 valence electrons. The van der Waals surface area contributed by atoms with Crippen LogP contribution in [-0.4, -0.2) is 67.5 Å². The lowest BCUT2D eigenvalue weighted by atomic mass is 9.90. The second kappa shape index (κ2) is 9.10. The summed E-state index contributed by atoms with van der Waals surface area (Å²) < 4.78 is 5.05. The molecule has 2 N–H and O–H groups in total. The van der Waals surface area contributed by atoms with Crippen molar-refractivity contribution in [2.45, 2.75) is 37.8 Å². The van der Waals surface area contributed by atoms with Gasteiger partial charge in [-0.3, -0.25) is 0 Å². The lowest BCUT2D eigenvalue weighted by Crippen LogP contribution is -2.44. The first-order valence-corrected chi connectivity index (χ1v) is 9.81. The number of para-hydroxylation sites is 1. The molecule has 0 atom stereocenters. The Morgan fingerprint density at radius 3 is 2.61 bits per heavy atom. The Kier molecular flexibility index (Phi) is 6.57. The molecule has 1 aliphatic rings. The highest BCUT2D eigenvalue weighted by molar-refractivity contribution is 5.93. The van der Waals surface area contributed by atoms with Gasteiger partial charge in [0.15, 0.2) is 0 Å². The van der Waals surface area contributed by atoms with Crippen molar-refractivity contribution < 1.29 is 14.6 Å². The molecule has 1 heterocycles. The molecular formula is C21H30N4O3. The number of ether oxygens (including phenoxy) is 1. The van der Waals surface area contributed by atoms with Crippen molar-refractivity contribution in [3.8, 4) is 0 Å². The molecule has 0 unspecified atom stereocenters. The Morgan fingerprint density at radius 2 is 1.96 bits per heavy atom. The lowest BCUT2D eigenvalue weighted by Gasteiger charge is -2.35. The number of nitrogens with zero attached hydrogens (tertiary/aromatic N) is 3. The molecule has 1 aliphatic carbocycles. The van der Waals surface area contributed by atoms with Gasteiger partial charge in [0.2, 0.25) is 0 Å². The summed E-state index contributed by atoms with van der Waals surface area (Å²) in [4.78, 5) is 19.9. The zero-order valence-corrected chi connectivity index (χ0v) is 16.9. The third kappa shape index (κ3) is 4.65. The van der Waals surface area contributed by atoms with Gasteiger partial charge in [-0.05, 0) is 31.7 Å². The van der Waals surface area contributed by atoms with Crippen LogP contribution in [0.4, 0.5) is 16.3 Å². The van der Waals surface area contributed by atoms with Crippen molar-refractivity contribution in [2.24, 2.45) is 0 Å². The predicted molar refractivity (Wildman–Crippen MR) is 112 cm³/mol. The van der Waals surface area contributed by atoms with E-state index in [9.17, 15) is 9.90 Å². The normalized spacial score (nSPS) is 19.4. The van der Waals surface area contributed by atoms with Crippen LogP contribution in [0.25, 0.3) is 10.9 Å². The van der Waals surface area contributed by atoms with Crippen molar-refractivity contribution in [3.05, 3.63) is 30.3 Å². The minimum absolute atomic E-state index is 0.0626. The van der Waals surface area contributed by atoms with Gasteiger partial charge in [-0.15, -0.1) is 0 Å². The van der Waals surface area contributed by atoms with Crippen molar-refractivity contribution in [1.82, 2.24) is 9.88 Å². The summed E-state index contributed by atoms with van der Waals surface area (Å²) in [5.74, 6) is 0.875. The molecule has 0 aliphatic heterocycles. The van der Waals surface area contributed by atoms with Crippen molar-refractivity contribution in [2.75, 3.05) is 44.6 Å². The predicted octanol–water partition coefficient (Wildman–Crippen LogP) is 3.65. The molecule has 0 bridgehead atoms. The molecule has 0 spiro atoms. The van der Waals surface area contributed by atoms with Crippen LogP contribution in [0.1, 0.15) is 25.7 Å². The Hall–Kier alpha value is -2.54. The van der Waals surface area contributed by atoms with Crippen LogP contribution in [0.3, 0.4) is 0 Å². The van der Waals surface area contributed by atoms with Crippen LogP contribution in [-0.2, 0) is 4.74 Å². The van der Waals surface area contributed by atoms with E-state index in [2.05, 4.69) is 22.3 Å². The van der Waals surface area contributed by atoms with E-state index in [-0.39, 0.29) is 6.04 Å². The zero-order chi connectivity index (χ0) is 20.1. The summed E-state index contributed by atoms with van der Waals surface area (Å²) >= 11 is 0. The molecule has 0 saturated heterocycles. The maximum absolute atomic E-state index is 11.5. The van der Waals surface area contributed by atoms with Crippen molar-refractivity contribution in [3.63, 3.8) is 0 Å². The molecule has 28 heavy (non-hydrogen) atoms. The number of anilines is 2. The van der Waals surface area contributed by atoms with Crippen LogP contribution >= 0.6 is 0 Å². The molecule has 1 fully saturated rings. The number of carboxylic acid groups (broad SMARTS) is 1. The second-order valence-electron chi connectivity index (χ2n) is 7.56. The van der Waals surface area contributed by atoms with Gasteiger partial charge in [0, 0.05) is 57.0 Å². The van der Waals surface area contributed by atoms with E-state index in [1.165, 1.54) is 4.90 Å². The van der Waals surface area contributed by atoms with Crippen LogP contribution < -0.4 is 10.2 Å². The molecule has 1 saturated carbocycles. The Morgan fingerprint density at radius 1 is 1.25 bits per heavy atom. The van der Waals surface area contributed by atoms with Gasteiger partial charge in [-0.1, -0.05) is 18.2 Å². The van der Waals surface area contributed by atoms with Crippen LogP contribution in [0.5, 0.6) is 0 Å². The summed E-state index contributed by atoms with van der Waals surface area (Å²) in [7, 11) is 5.67. The average Bonchev–Trinajstić information content (AvgIpc) is 2.68. The van der Waals surface area contributed by atoms with Gasteiger partial charge in [-0.2, -0.15) is 0 Å². The molecule has 7 nitrogen and oxygen atoms in total. The number of methoxy groups -OCH3 is 1. The zero-order valence-electron chi connectivity index (χ0n) is 16.9. The second-order valence-corrected chi connectivity index (χ2v) is 7.56. The van der Waals surface area contributed by atoms with E-state index in [4.69, 9.17) is 9.72 Å². The monoisotopic (exact) mass is 386 g/mol. The molecule has 7 heteroatoms. The standard InChI is InChI=1S/C21H30N4O3/c1-24(2)19-14-20(23-18-7-5-4-6-17(18)19)22-15-8-10-16(11-9-15)25(21(26)27)12-13-28-3/h4-7,14-16H,8-13H2,1-3H3,(H,22,23)(H,26,27).